The Morgan fingerprint density at radius 3 is 2.89 bits per heavy atom. The number of halogens is 2. The lowest BCUT2D eigenvalue weighted by molar-refractivity contribution is 0.620. The first-order valence-electron chi connectivity index (χ1n) is 5.77. The minimum absolute atomic E-state index is 0.290. The molecule has 2 rings (SSSR count). The van der Waals surface area contributed by atoms with Crippen molar-refractivity contribution < 1.29 is 4.39 Å². The number of aromatic nitrogens is 3. The summed E-state index contributed by atoms with van der Waals surface area (Å²) in [5.41, 5.74) is 7.14. The molecular weight excluding hydrogens is 299 g/mol. The van der Waals surface area contributed by atoms with Crippen molar-refractivity contribution in [1.82, 2.24) is 15.0 Å². The van der Waals surface area contributed by atoms with E-state index in [2.05, 4.69) is 26.2 Å². The number of nitrogens with zero attached hydrogens (tertiary/aromatic N) is 3. The summed E-state index contributed by atoms with van der Waals surface area (Å²) in [6, 6.07) is 4.74. The van der Waals surface area contributed by atoms with Crippen molar-refractivity contribution in [3.63, 3.8) is 0 Å². The summed E-state index contributed by atoms with van der Waals surface area (Å²) in [7, 11) is 0. The highest BCUT2D eigenvalue weighted by Gasteiger charge is 2.05. The summed E-state index contributed by atoms with van der Waals surface area (Å²) < 4.78 is 15.2. The van der Waals surface area contributed by atoms with Gasteiger partial charge in [-0.05, 0) is 59.9 Å². The largest absolute Gasteiger partial charge is 0.330 e. The third-order valence-electron chi connectivity index (χ3n) is 2.60. The monoisotopic (exact) mass is 312 g/mol. The van der Waals surface area contributed by atoms with Crippen LogP contribution in [0.3, 0.4) is 0 Å². The predicted octanol–water partition coefficient (Wildman–Crippen LogP) is 2.45. The Kier molecular flexibility index (Phi) is 4.43. The van der Waals surface area contributed by atoms with Crippen LogP contribution in [-0.4, -0.2) is 21.5 Å². The van der Waals surface area contributed by atoms with Crippen LogP contribution in [0.1, 0.15) is 18.5 Å². The van der Waals surface area contributed by atoms with Gasteiger partial charge in [-0.2, -0.15) is 0 Å². The number of unbranched alkanes of at least 4 members (excludes halogenated alkanes) is 1. The van der Waals surface area contributed by atoms with E-state index < -0.39 is 0 Å². The Balaban J connectivity index is 2.11. The molecule has 0 aliphatic heterocycles. The average molecular weight is 313 g/mol. The molecule has 18 heavy (non-hydrogen) atoms. The van der Waals surface area contributed by atoms with E-state index in [1.807, 2.05) is 6.20 Å². The van der Waals surface area contributed by atoms with E-state index in [0.29, 0.717) is 11.0 Å². The third kappa shape index (κ3) is 3.14. The number of aryl methyl sites for hydroxylation is 1. The summed E-state index contributed by atoms with van der Waals surface area (Å²) in [4.78, 5) is 0. The van der Waals surface area contributed by atoms with Gasteiger partial charge in [0.15, 0.2) is 0 Å². The van der Waals surface area contributed by atoms with Gasteiger partial charge in [0.1, 0.15) is 5.82 Å². The van der Waals surface area contributed by atoms with Gasteiger partial charge in [0.2, 0.25) is 0 Å². The van der Waals surface area contributed by atoms with Gasteiger partial charge in [-0.25, -0.2) is 9.07 Å². The van der Waals surface area contributed by atoms with Crippen molar-refractivity contribution in [3.05, 3.63) is 40.4 Å². The molecule has 0 unspecified atom stereocenters. The van der Waals surface area contributed by atoms with Crippen LogP contribution in [0, 0.1) is 5.82 Å². The molecule has 0 saturated heterocycles. The maximum absolute atomic E-state index is 13.1. The molecule has 4 nitrogen and oxygen atoms in total. The smallest absolute Gasteiger partial charge is 0.137 e. The van der Waals surface area contributed by atoms with Crippen LogP contribution in [0.5, 0.6) is 0 Å². The van der Waals surface area contributed by atoms with Gasteiger partial charge >= 0.3 is 0 Å². The van der Waals surface area contributed by atoms with Crippen LogP contribution in [0.25, 0.3) is 5.69 Å². The molecule has 1 aromatic heterocycles. The fourth-order valence-corrected chi connectivity index (χ4v) is 1.98. The molecule has 0 aliphatic rings. The summed E-state index contributed by atoms with van der Waals surface area (Å²) in [5, 5.41) is 8.11. The molecule has 1 heterocycles. The molecule has 0 spiro atoms. The van der Waals surface area contributed by atoms with Crippen LogP contribution < -0.4 is 5.73 Å². The van der Waals surface area contributed by atoms with Crippen molar-refractivity contribution >= 4 is 15.9 Å². The Hall–Kier alpha value is -1.27. The quantitative estimate of drug-likeness (QED) is 0.863. The van der Waals surface area contributed by atoms with Crippen LogP contribution in [0.4, 0.5) is 4.39 Å². The van der Waals surface area contributed by atoms with Gasteiger partial charge in [-0.15, -0.1) is 5.10 Å². The molecule has 0 amide bonds. The first-order chi connectivity index (χ1) is 8.70. The summed E-state index contributed by atoms with van der Waals surface area (Å²) in [6.07, 6.45) is 4.70. The van der Waals surface area contributed by atoms with E-state index in [4.69, 9.17) is 5.73 Å². The molecule has 1 aromatic carbocycles. The van der Waals surface area contributed by atoms with E-state index >= 15 is 0 Å². The molecule has 0 atom stereocenters. The van der Waals surface area contributed by atoms with Gasteiger partial charge in [-0.3, -0.25) is 0 Å². The second-order valence-electron chi connectivity index (χ2n) is 4.00. The van der Waals surface area contributed by atoms with Crippen molar-refractivity contribution in [2.24, 2.45) is 5.73 Å². The average Bonchev–Trinajstić information content (AvgIpc) is 2.82. The number of benzene rings is 1. The Morgan fingerprint density at radius 1 is 1.33 bits per heavy atom. The molecular formula is C12H14BrFN4. The molecule has 0 radical (unpaired) electrons. The van der Waals surface area contributed by atoms with E-state index in [1.165, 1.54) is 6.07 Å². The van der Waals surface area contributed by atoms with Gasteiger partial charge in [0.25, 0.3) is 0 Å². The normalized spacial score (nSPS) is 10.8. The van der Waals surface area contributed by atoms with Gasteiger partial charge in [-0.1, -0.05) is 5.21 Å². The zero-order chi connectivity index (χ0) is 13.0. The number of rotatable bonds is 5. The first kappa shape index (κ1) is 13.2. The van der Waals surface area contributed by atoms with Gasteiger partial charge in [0.05, 0.1) is 22.1 Å². The molecule has 0 saturated carbocycles. The van der Waals surface area contributed by atoms with Crippen molar-refractivity contribution in [1.29, 1.82) is 0 Å². The second kappa shape index (κ2) is 6.06. The zero-order valence-electron chi connectivity index (χ0n) is 9.81. The summed E-state index contributed by atoms with van der Waals surface area (Å²) >= 11 is 3.15. The first-order valence-corrected chi connectivity index (χ1v) is 6.56. The highest BCUT2D eigenvalue weighted by Crippen LogP contribution is 2.19. The number of hydrogen-bond acceptors (Lipinski definition) is 3. The Bertz CT molecular complexity index is 527. The Morgan fingerprint density at radius 2 is 2.17 bits per heavy atom. The molecule has 2 N–H and O–H groups in total. The van der Waals surface area contributed by atoms with Crippen LogP contribution >= 0.6 is 15.9 Å². The lowest BCUT2D eigenvalue weighted by Crippen LogP contribution is -1.99. The number of hydrogen-bond donors (Lipinski definition) is 1. The lowest BCUT2D eigenvalue weighted by atomic mass is 10.2. The fraction of sp³-hybridized carbons (Fsp3) is 0.333. The van der Waals surface area contributed by atoms with Crippen molar-refractivity contribution in [2.45, 2.75) is 19.3 Å². The highest BCUT2D eigenvalue weighted by atomic mass is 79.9. The molecule has 6 heteroatoms. The van der Waals surface area contributed by atoms with E-state index in [1.54, 1.807) is 16.8 Å². The van der Waals surface area contributed by atoms with E-state index in [9.17, 15) is 4.39 Å². The minimum atomic E-state index is -0.290. The molecule has 0 aliphatic carbocycles. The van der Waals surface area contributed by atoms with Crippen molar-refractivity contribution in [3.8, 4) is 5.69 Å². The molecule has 0 bridgehead atoms. The standard InChI is InChI=1S/C12H14BrFN4/c13-11-7-10(4-5-12(11)14)18-8-9(16-17-18)3-1-2-6-15/h4-5,7-8H,1-3,6,15H2. The molecule has 0 fully saturated rings. The SMILES string of the molecule is NCCCCc1cn(-c2ccc(F)c(Br)c2)nn1. The van der Waals surface area contributed by atoms with Crippen molar-refractivity contribution in [2.75, 3.05) is 6.54 Å². The number of nitrogens with two attached hydrogens (primary N) is 1. The third-order valence-corrected chi connectivity index (χ3v) is 3.20. The van der Waals surface area contributed by atoms with Crippen LogP contribution in [0.15, 0.2) is 28.9 Å². The summed E-state index contributed by atoms with van der Waals surface area (Å²) in [5.74, 6) is -0.290. The summed E-state index contributed by atoms with van der Waals surface area (Å²) in [6.45, 7) is 0.693. The molecule has 96 valence electrons. The maximum atomic E-state index is 13.1. The second-order valence-corrected chi connectivity index (χ2v) is 4.85. The minimum Gasteiger partial charge on any atom is -0.330 e. The van der Waals surface area contributed by atoms with Crippen LogP contribution in [0.2, 0.25) is 0 Å². The molecule has 2 aromatic rings. The highest BCUT2D eigenvalue weighted by molar-refractivity contribution is 9.10. The zero-order valence-corrected chi connectivity index (χ0v) is 11.4. The van der Waals surface area contributed by atoms with E-state index in [-0.39, 0.29) is 5.82 Å². The topological polar surface area (TPSA) is 56.7 Å². The fourth-order valence-electron chi connectivity index (χ4n) is 1.62. The lowest BCUT2D eigenvalue weighted by Gasteiger charge is -2.01. The van der Waals surface area contributed by atoms with Crippen LogP contribution in [-0.2, 0) is 6.42 Å². The maximum Gasteiger partial charge on any atom is 0.137 e. The van der Waals surface area contributed by atoms with Gasteiger partial charge < -0.3 is 5.73 Å². The Labute approximate surface area is 113 Å². The van der Waals surface area contributed by atoms with Gasteiger partial charge in [0, 0.05) is 0 Å². The predicted molar refractivity (Wildman–Crippen MR) is 71.0 cm³/mol. The van der Waals surface area contributed by atoms with E-state index in [0.717, 1.165) is 30.6 Å².